The average Bonchev–Trinajstić information content (AvgIpc) is 2.89. The first kappa shape index (κ1) is 17.9. The average molecular weight is 362 g/mol. The molecule has 1 aliphatic rings. The van der Waals surface area contributed by atoms with Crippen LogP contribution < -0.4 is 16.7 Å². The predicted molar refractivity (Wildman–Crippen MR) is 90.2 cm³/mol. The number of carbonyl (C=O) groups is 1. The summed E-state index contributed by atoms with van der Waals surface area (Å²) in [4.78, 5) is 27.2. The molecule has 10 nitrogen and oxygen atoms in total. The molecule has 0 bridgehead atoms. The van der Waals surface area contributed by atoms with Crippen molar-refractivity contribution in [1.82, 2.24) is 9.55 Å². The SMILES string of the molecule is Nc1ccn([C@@H]2O[C@H](COC(=O)Nc3ccccc3)[C@@H](O)[C@H]2O)c(=O)n1. The number of amides is 1. The molecule has 0 unspecified atom stereocenters. The van der Waals surface area contributed by atoms with Crippen LogP contribution in [-0.2, 0) is 9.47 Å². The fraction of sp³-hybridized carbons (Fsp3) is 0.312. The molecule has 1 fully saturated rings. The molecule has 10 heteroatoms. The van der Waals surface area contributed by atoms with Crippen LogP contribution in [0.5, 0.6) is 0 Å². The lowest BCUT2D eigenvalue weighted by Gasteiger charge is -2.16. The second kappa shape index (κ2) is 7.52. The summed E-state index contributed by atoms with van der Waals surface area (Å²) in [5.41, 5.74) is 5.23. The molecule has 1 amide bonds. The van der Waals surface area contributed by atoms with Crippen molar-refractivity contribution in [2.24, 2.45) is 0 Å². The van der Waals surface area contributed by atoms with Crippen molar-refractivity contribution in [3.8, 4) is 0 Å². The topological polar surface area (TPSA) is 149 Å². The largest absolute Gasteiger partial charge is 0.446 e. The smallest absolute Gasteiger partial charge is 0.411 e. The Morgan fingerprint density at radius 1 is 1.27 bits per heavy atom. The van der Waals surface area contributed by atoms with Gasteiger partial charge in [0.15, 0.2) is 6.23 Å². The van der Waals surface area contributed by atoms with Crippen LogP contribution in [0.4, 0.5) is 16.3 Å². The van der Waals surface area contributed by atoms with Crippen LogP contribution in [0, 0.1) is 0 Å². The summed E-state index contributed by atoms with van der Waals surface area (Å²) in [5.74, 6) is 0.0248. The molecule has 4 atom stereocenters. The lowest BCUT2D eigenvalue weighted by atomic mass is 10.1. The highest BCUT2D eigenvalue weighted by molar-refractivity contribution is 5.84. The quantitative estimate of drug-likeness (QED) is 0.579. The van der Waals surface area contributed by atoms with E-state index >= 15 is 0 Å². The highest BCUT2D eigenvalue weighted by Crippen LogP contribution is 2.28. The third kappa shape index (κ3) is 3.82. The number of carbonyl (C=O) groups excluding carboxylic acids is 1. The number of nitrogens with two attached hydrogens (primary N) is 1. The number of hydrogen-bond donors (Lipinski definition) is 4. The van der Waals surface area contributed by atoms with Gasteiger partial charge >= 0.3 is 11.8 Å². The normalized spacial score (nSPS) is 25.0. The summed E-state index contributed by atoms with van der Waals surface area (Å²) >= 11 is 0. The standard InChI is InChI=1S/C16H18N4O6/c17-11-6-7-20(15(23)19-11)14-13(22)12(21)10(26-14)8-25-16(24)18-9-4-2-1-3-5-9/h1-7,10,12-14,21-22H,8H2,(H,18,24)(H2,17,19,23)/t10-,12-,13-,14-/m1/s1. The number of anilines is 2. The number of aromatic nitrogens is 2. The van der Waals surface area contributed by atoms with Gasteiger partial charge in [-0.2, -0.15) is 4.98 Å². The van der Waals surface area contributed by atoms with Crippen molar-refractivity contribution in [1.29, 1.82) is 0 Å². The Bertz CT molecular complexity index is 827. The van der Waals surface area contributed by atoms with Gasteiger partial charge in [0.05, 0.1) is 0 Å². The predicted octanol–water partition coefficient (Wildman–Crippen LogP) is -0.307. The number of nitrogen functional groups attached to an aromatic ring is 1. The first-order valence-corrected chi connectivity index (χ1v) is 7.81. The molecule has 5 N–H and O–H groups in total. The number of aliphatic hydroxyl groups is 2. The van der Waals surface area contributed by atoms with Crippen LogP contribution in [-0.4, -0.2) is 50.8 Å². The van der Waals surface area contributed by atoms with Gasteiger partial charge in [-0.15, -0.1) is 0 Å². The van der Waals surface area contributed by atoms with E-state index in [0.717, 1.165) is 4.57 Å². The summed E-state index contributed by atoms with van der Waals surface area (Å²) in [6.45, 7) is -0.315. The molecule has 0 radical (unpaired) electrons. The van der Waals surface area contributed by atoms with Crippen molar-refractivity contribution in [3.63, 3.8) is 0 Å². The molecule has 1 aromatic heterocycles. The van der Waals surface area contributed by atoms with E-state index in [1.165, 1.54) is 12.3 Å². The second-order valence-corrected chi connectivity index (χ2v) is 5.68. The lowest BCUT2D eigenvalue weighted by molar-refractivity contribution is -0.0559. The number of benzene rings is 1. The summed E-state index contributed by atoms with van der Waals surface area (Å²) < 4.78 is 11.5. The third-order valence-electron chi connectivity index (χ3n) is 3.86. The van der Waals surface area contributed by atoms with E-state index in [9.17, 15) is 19.8 Å². The Labute approximate surface area is 147 Å². The zero-order valence-corrected chi connectivity index (χ0v) is 13.6. The minimum absolute atomic E-state index is 0.0248. The van der Waals surface area contributed by atoms with Crippen LogP contribution >= 0.6 is 0 Å². The van der Waals surface area contributed by atoms with E-state index in [4.69, 9.17) is 15.2 Å². The summed E-state index contributed by atoms with van der Waals surface area (Å²) in [7, 11) is 0. The number of nitrogens with zero attached hydrogens (tertiary/aromatic N) is 2. The number of hydrogen-bond acceptors (Lipinski definition) is 8. The number of rotatable bonds is 4. The third-order valence-corrected chi connectivity index (χ3v) is 3.86. The minimum Gasteiger partial charge on any atom is -0.446 e. The van der Waals surface area contributed by atoms with Crippen LogP contribution in [0.1, 0.15) is 6.23 Å². The van der Waals surface area contributed by atoms with E-state index in [2.05, 4.69) is 10.3 Å². The van der Waals surface area contributed by atoms with Crippen molar-refractivity contribution in [3.05, 3.63) is 53.1 Å². The molecule has 0 aliphatic carbocycles. The summed E-state index contributed by atoms with van der Waals surface area (Å²) in [5, 5.41) is 22.7. The molecule has 0 saturated carbocycles. The van der Waals surface area contributed by atoms with E-state index in [1.54, 1.807) is 30.3 Å². The Balaban J connectivity index is 1.61. The van der Waals surface area contributed by atoms with Crippen molar-refractivity contribution < 1.29 is 24.5 Å². The van der Waals surface area contributed by atoms with Gasteiger partial charge in [-0.05, 0) is 18.2 Å². The van der Waals surface area contributed by atoms with Crippen molar-refractivity contribution in [2.45, 2.75) is 24.5 Å². The molecule has 26 heavy (non-hydrogen) atoms. The van der Waals surface area contributed by atoms with E-state index in [0.29, 0.717) is 5.69 Å². The van der Waals surface area contributed by atoms with Gasteiger partial charge in [-0.25, -0.2) is 9.59 Å². The number of ether oxygens (including phenoxy) is 2. The van der Waals surface area contributed by atoms with Crippen LogP contribution in [0.2, 0.25) is 0 Å². The van der Waals surface area contributed by atoms with Crippen molar-refractivity contribution >= 4 is 17.6 Å². The second-order valence-electron chi connectivity index (χ2n) is 5.68. The Morgan fingerprint density at radius 3 is 2.69 bits per heavy atom. The minimum atomic E-state index is -1.40. The van der Waals surface area contributed by atoms with Crippen LogP contribution in [0.25, 0.3) is 0 Å². The summed E-state index contributed by atoms with van der Waals surface area (Å²) in [6, 6.07) is 10.0. The molecule has 1 aliphatic heterocycles. The fourth-order valence-electron chi connectivity index (χ4n) is 2.55. The van der Waals surface area contributed by atoms with Gasteiger partial charge in [0.1, 0.15) is 30.7 Å². The zero-order chi connectivity index (χ0) is 18.7. The Hall–Kier alpha value is -2.95. The first-order valence-electron chi connectivity index (χ1n) is 7.81. The highest BCUT2D eigenvalue weighted by Gasteiger charge is 2.44. The monoisotopic (exact) mass is 362 g/mol. The van der Waals surface area contributed by atoms with Crippen LogP contribution in [0.3, 0.4) is 0 Å². The Morgan fingerprint density at radius 2 is 2.00 bits per heavy atom. The van der Waals surface area contributed by atoms with Gasteiger partial charge in [-0.1, -0.05) is 18.2 Å². The molecular formula is C16H18N4O6. The van der Waals surface area contributed by atoms with Crippen molar-refractivity contribution in [2.75, 3.05) is 17.7 Å². The Kier molecular flexibility index (Phi) is 5.16. The van der Waals surface area contributed by atoms with Gasteiger partial charge in [-0.3, -0.25) is 9.88 Å². The molecule has 3 rings (SSSR count). The molecule has 2 heterocycles. The number of para-hydroxylation sites is 1. The molecule has 0 spiro atoms. The molecule has 1 aromatic carbocycles. The molecule has 138 valence electrons. The number of aliphatic hydroxyl groups excluding tert-OH is 2. The van der Waals surface area contributed by atoms with Gasteiger partial charge in [0, 0.05) is 11.9 Å². The lowest BCUT2D eigenvalue weighted by Crippen LogP contribution is -2.36. The molecule has 2 aromatic rings. The first-order chi connectivity index (χ1) is 12.5. The van der Waals surface area contributed by atoms with Gasteiger partial charge < -0.3 is 25.4 Å². The van der Waals surface area contributed by atoms with Gasteiger partial charge in [0.25, 0.3) is 0 Å². The summed E-state index contributed by atoms with van der Waals surface area (Å²) in [6.07, 6.45) is -4.37. The molecular weight excluding hydrogens is 344 g/mol. The zero-order valence-electron chi connectivity index (χ0n) is 13.6. The number of nitrogens with one attached hydrogen (secondary N) is 1. The molecule has 1 saturated heterocycles. The van der Waals surface area contributed by atoms with E-state index in [-0.39, 0.29) is 12.4 Å². The van der Waals surface area contributed by atoms with E-state index in [1.807, 2.05) is 0 Å². The van der Waals surface area contributed by atoms with Crippen LogP contribution in [0.15, 0.2) is 47.4 Å². The highest BCUT2D eigenvalue weighted by atomic mass is 16.6. The maximum atomic E-state index is 11.9. The van der Waals surface area contributed by atoms with Gasteiger partial charge in [0.2, 0.25) is 0 Å². The fourth-order valence-corrected chi connectivity index (χ4v) is 2.55. The van der Waals surface area contributed by atoms with E-state index < -0.39 is 36.3 Å². The maximum absolute atomic E-state index is 11.9. The maximum Gasteiger partial charge on any atom is 0.411 e.